The number of nitrogens with zero attached hydrogens (tertiary/aromatic N) is 1. The molecule has 0 saturated carbocycles. The Balaban J connectivity index is 2.14. The van der Waals surface area contributed by atoms with Crippen LogP contribution < -0.4 is 0 Å². The van der Waals surface area contributed by atoms with Crippen LogP contribution in [0.15, 0.2) is 29.2 Å². The monoisotopic (exact) mass is 273 g/mol. The van der Waals surface area contributed by atoms with E-state index in [0.29, 0.717) is 19.8 Å². The molecule has 6 heteroatoms. The van der Waals surface area contributed by atoms with Crippen LogP contribution >= 0.6 is 0 Å². The zero-order chi connectivity index (χ0) is 13.2. The van der Waals surface area contributed by atoms with Gasteiger partial charge in [0, 0.05) is 20.2 Å². The van der Waals surface area contributed by atoms with Crippen LogP contribution in [0.1, 0.15) is 6.42 Å². The van der Waals surface area contributed by atoms with Crippen LogP contribution in [0.4, 0.5) is 4.39 Å². The van der Waals surface area contributed by atoms with Crippen molar-refractivity contribution in [2.75, 3.05) is 26.8 Å². The number of rotatable bonds is 4. The van der Waals surface area contributed by atoms with Crippen LogP contribution in [0.25, 0.3) is 0 Å². The van der Waals surface area contributed by atoms with Crippen LogP contribution in [-0.4, -0.2) is 39.5 Å². The quantitative estimate of drug-likeness (QED) is 0.835. The number of halogens is 1. The average molecular weight is 273 g/mol. The number of benzene rings is 1. The van der Waals surface area contributed by atoms with E-state index in [1.165, 1.54) is 29.6 Å². The Kier molecular flexibility index (Phi) is 3.99. The van der Waals surface area contributed by atoms with Crippen LogP contribution in [0.3, 0.4) is 0 Å². The summed E-state index contributed by atoms with van der Waals surface area (Å²) in [5, 5.41) is 0. The fourth-order valence-electron chi connectivity index (χ4n) is 2.00. The molecule has 2 rings (SSSR count). The fraction of sp³-hybridized carbons (Fsp3) is 0.500. The highest BCUT2D eigenvalue weighted by molar-refractivity contribution is 7.89. The van der Waals surface area contributed by atoms with Crippen molar-refractivity contribution in [3.05, 3.63) is 30.1 Å². The molecule has 0 radical (unpaired) electrons. The summed E-state index contributed by atoms with van der Waals surface area (Å²) < 4.78 is 43.9. The molecule has 1 atom stereocenters. The van der Waals surface area contributed by atoms with E-state index in [2.05, 4.69) is 0 Å². The van der Waals surface area contributed by atoms with E-state index in [1.807, 2.05) is 0 Å². The maximum atomic E-state index is 13.1. The molecule has 1 unspecified atom stereocenters. The van der Waals surface area contributed by atoms with Gasteiger partial charge in [-0.1, -0.05) is 6.07 Å². The molecule has 18 heavy (non-hydrogen) atoms. The van der Waals surface area contributed by atoms with Crippen LogP contribution in [0.2, 0.25) is 0 Å². The highest BCUT2D eigenvalue weighted by Gasteiger charge is 2.26. The highest BCUT2D eigenvalue weighted by Crippen LogP contribution is 2.19. The van der Waals surface area contributed by atoms with Crippen LogP contribution in [0, 0.1) is 11.7 Å². The van der Waals surface area contributed by atoms with Gasteiger partial charge < -0.3 is 4.74 Å². The summed E-state index contributed by atoms with van der Waals surface area (Å²) in [6.45, 7) is 1.67. The van der Waals surface area contributed by atoms with Gasteiger partial charge in [0.1, 0.15) is 5.82 Å². The van der Waals surface area contributed by atoms with Gasteiger partial charge in [-0.2, -0.15) is 0 Å². The van der Waals surface area contributed by atoms with Crippen molar-refractivity contribution in [3.63, 3.8) is 0 Å². The van der Waals surface area contributed by atoms with E-state index in [-0.39, 0.29) is 10.8 Å². The molecule has 0 amide bonds. The van der Waals surface area contributed by atoms with Gasteiger partial charge in [0.05, 0.1) is 11.5 Å². The fourth-order valence-corrected chi connectivity index (χ4v) is 3.28. The highest BCUT2D eigenvalue weighted by atomic mass is 32.2. The van der Waals surface area contributed by atoms with Crippen LogP contribution in [-0.2, 0) is 14.8 Å². The first-order valence-corrected chi connectivity index (χ1v) is 7.24. The van der Waals surface area contributed by atoms with Gasteiger partial charge in [-0.05, 0) is 30.5 Å². The molecule has 0 N–H and O–H groups in total. The van der Waals surface area contributed by atoms with Gasteiger partial charge >= 0.3 is 0 Å². The summed E-state index contributed by atoms with van der Waals surface area (Å²) >= 11 is 0. The van der Waals surface area contributed by atoms with E-state index in [0.717, 1.165) is 12.5 Å². The minimum Gasteiger partial charge on any atom is -0.381 e. The average Bonchev–Trinajstić information content (AvgIpc) is 2.81. The molecule has 1 aliphatic heterocycles. The lowest BCUT2D eigenvalue weighted by molar-refractivity contribution is 0.182. The van der Waals surface area contributed by atoms with Gasteiger partial charge in [0.15, 0.2) is 0 Å². The Hall–Kier alpha value is -0.980. The van der Waals surface area contributed by atoms with E-state index >= 15 is 0 Å². The molecular weight excluding hydrogens is 257 g/mol. The Labute approximate surface area is 106 Å². The topological polar surface area (TPSA) is 46.6 Å². The molecule has 4 nitrogen and oxygen atoms in total. The van der Waals surface area contributed by atoms with Crippen molar-refractivity contribution in [1.29, 1.82) is 0 Å². The van der Waals surface area contributed by atoms with E-state index in [4.69, 9.17) is 4.74 Å². The number of hydrogen-bond donors (Lipinski definition) is 0. The predicted molar refractivity (Wildman–Crippen MR) is 65.1 cm³/mol. The molecule has 0 bridgehead atoms. The lowest BCUT2D eigenvalue weighted by Crippen LogP contribution is -2.32. The van der Waals surface area contributed by atoms with Gasteiger partial charge in [-0.15, -0.1) is 0 Å². The molecule has 100 valence electrons. The van der Waals surface area contributed by atoms with Crippen molar-refractivity contribution < 1.29 is 17.5 Å². The Morgan fingerprint density at radius 2 is 2.28 bits per heavy atom. The first kappa shape index (κ1) is 13.5. The van der Waals surface area contributed by atoms with Crippen molar-refractivity contribution in [2.45, 2.75) is 11.3 Å². The molecule has 1 aliphatic rings. The van der Waals surface area contributed by atoms with Gasteiger partial charge in [0.25, 0.3) is 0 Å². The third-order valence-corrected chi connectivity index (χ3v) is 4.86. The minimum absolute atomic E-state index is 0.0103. The minimum atomic E-state index is -3.61. The molecule has 1 aromatic rings. The maximum absolute atomic E-state index is 13.1. The zero-order valence-electron chi connectivity index (χ0n) is 10.2. The molecule has 0 aliphatic carbocycles. The number of sulfonamides is 1. The second kappa shape index (κ2) is 5.34. The summed E-state index contributed by atoms with van der Waals surface area (Å²) in [5.41, 5.74) is 0. The first-order chi connectivity index (χ1) is 8.50. The smallest absolute Gasteiger partial charge is 0.242 e. The van der Waals surface area contributed by atoms with Crippen molar-refractivity contribution in [1.82, 2.24) is 4.31 Å². The lowest BCUT2D eigenvalue weighted by Gasteiger charge is -2.20. The predicted octanol–water partition coefficient (Wildman–Crippen LogP) is 1.48. The van der Waals surface area contributed by atoms with E-state index in [9.17, 15) is 12.8 Å². The lowest BCUT2D eigenvalue weighted by atomic mass is 10.1. The molecule has 1 heterocycles. The van der Waals surface area contributed by atoms with Crippen molar-refractivity contribution in [3.8, 4) is 0 Å². The van der Waals surface area contributed by atoms with E-state index < -0.39 is 15.8 Å². The molecular formula is C12H16FNO3S. The molecule has 1 aromatic carbocycles. The summed E-state index contributed by atoms with van der Waals surface area (Å²) in [4.78, 5) is -0.0103. The second-order valence-corrected chi connectivity index (χ2v) is 6.52. The van der Waals surface area contributed by atoms with Gasteiger partial charge in [0.2, 0.25) is 10.0 Å². The van der Waals surface area contributed by atoms with Crippen LogP contribution in [0.5, 0.6) is 0 Å². The summed E-state index contributed by atoms with van der Waals surface area (Å²) in [5.74, 6) is -0.327. The van der Waals surface area contributed by atoms with E-state index in [1.54, 1.807) is 0 Å². The molecule has 0 spiro atoms. The normalized spacial score (nSPS) is 20.5. The second-order valence-electron chi connectivity index (χ2n) is 4.47. The molecule has 0 aromatic heterocycles. The SMILES string of the molecule is CN(CC1CCOC1)S(=O)(=O)c1cccc(F)c1. The van der Waals surface area contributed by atoms with Gasteiger partial charge in [-0.3, -0.25) is 0 Å². The summed E-state index contributed by atoms with van der Waals surface area (Å²) in [7, 11) is -2.10. The molecule has 1 fully saturated rings. The van der Waals surface area contributed by atoms with Crippen molar-refractivity contribution in [2.24, 2.45) is 5.92 Å². The third-order valence-electron chi connectivity index (χ3n) is 3.04. The zero-order valence-corrected chi connectivity index (χ0v) is 11.0. The Morgan fingerprint density at radius 1 is 1.50 bits per heavy atom. The number of ether oxygens (including phenoxy) is 1. The molecule has 1 saturated heterocycles. The van der Waals surface area contributed by atoms with Crippen molar-refractivity contribution >= 4 is 10.0 Å². The maximum Gasteiger partial charge on any atom is 0.242 e. The third kappa shape index (κ3) is 2.88. The summed E-state index contributed by atoms with van der Waals surface area (Å²) in [6, 6.07) is 5.07. The van der Waals surface area contributed by atoms with Gasteiger partial charge in [-0.25, -0.2) is 17.1 Å². The largest absolute Gasteiger partial charge is 0.381 e. The standard InChI is InChI=1S/C12H16FNO3S/c1-14(8-10-5-6-17-9-10)18(15,16)12-4-2-3-11(13)7-12/h2-4,7,10H,5-6,8-9H2,1H3. The number of hydrogen-bond acceptors (Lipinski definition) is 3. The Morgan fingerprint density at radius 3 is 2.89 bits per heavy atom. The first-order valence-electron chi connectivity index (χ1n) is 5.80. The summed E-state index contributed by atoms with van der Waals surface area (Å²) in [6.07, 6.45) is 0.864. The Bertz CT molecular complexity index is 512.